The summed E-state index contributed by atoms with van der Waals surface area (Å²) < 4.78 is 7.63. The number of halogens is 1. The van der Waals surface area contributed by atoms with Crippen LogP contribution in [0.2, 0.25) is 0 Å². The zero-order valence-electron chi connectivity index (χ0n) is 15.3. The van der Waals surface area contributed by atoms with Gasteiger partial charge in [-0.05, 0) is 33.6 Å². The quantitative estimate of drug-likeness (QED) is 0.673. The normalized spacial score (nSPS) is 13.3. The van der Waals surface area contributed by atoms with Crippen molar-refractivity contribution in [2.45, 2.75) is 19.5 Å². The van der Waals surface area contributed by atoms with Gasteiger partial charge in [0.15, 0.2) is 16.1 Å². The number of hydrogen-bond donors (Lipinski definition) is 1. The first-order valence-electron chi connectivity index (χ1n) is 8.94. The smallest absolute Gasteiger partial charge is 0.289 e. The second kappa shape index (κ2) is 7.63. The number of rotatable bonds is 4. The van der Waals surface area contributed by atoms with Gasteiger partial charge in [0.2, 0.25) is 0 Å². The first-order valence-corrected chi connectivity index (χ1v) is 9.73. The monoisotopic (exact) mass is 442 g/mol. The van der Waals surface area contributed by atoms with Crippen LogP contribution in [0.1, 0.15) is 37.9 Å². The van der Waals surface area contributed by atoms with E-state index in [0.717, 1.165) is 16.8 Å². The van der Waals surface area contributed by atoms with Crippen LogP contribution in [0.4, 0.5) is 0 Å². The maximum Gasteiger partial charge on any atom is 0.289 e. The standard InChI is InChI=1S/C20H19BrN4O3/c1-24-15-9-10-25(20(27)16-7-8-17(21)28-16)12-14(15)18(23-24)19(26)22-11-13-5-3-2-4-6-13/h2-8H,9-12H2,1H3,(H,22,26). The van der Waals surface area contributed by atoms with Gasteiger partial charge in [-0.15, -0.1) is 0 Å². The Bertz CT molecular complexity index is 1030. The van der Waals surface area contributed by atoms with Crippen molar-refractivity contribution in [2.24, 2.45) is 7.05 Å². The van der Waals surface area contributed by atoms with Crippen molar-refractivity contribution >= 4 is 27.7 Å². The molecule has 144 valence electrons. The number of furan rings is 1. The first-order chi connectivity index (χ1) is 13.5. The molecule has 0 bridgehead atoms. The number of carbonyl (C=O) groups excluding carboxylic acids is 2. The predicted molar refractivity (Wildman–Crippen MR) is 106 cm³/mol. The van der Waals surface area contributed by atoms with E-state index in [1.807, 2.05) is 37.4 Å². The van der Waals surface area contributed by atoms with Gasteiger partial charge in [0.25, 0.3) is 11.8 Å². The molecule has 0 radical (unpaired) electrons. The molecule has 3 aromatic rings. The maximum atomic E-state index is 12.7. The van der Waals surface area contributed by atoms with Crippen LogP contribution in [0.25, 0.3) is 0 Å². The van der Waals surface area contributed by atoms with Crippen molar-refractivity contribution in [1.29, 1.82) is 0 Å². The van der Waals surface area contributed by atoms with Crippen molar-refractivity contribution in [3.8, 4) is 0 Å². The molecule has 0 saturated carbocycles. The fraction of sp³-hybridized carbons (Fsp3) is 0.250. The fourth-order valence-electron chi connectivity index (χ4n) is 3.40. The molecule has 8 heteroatoms. The topological polar surface area (TPSA) is 80.4 Å². The Hall–Kier alpha value is -2.87. The molecule has 2 amide bonds. The zero-order valence-corrected chi connectivity index (χ0v) is 16.9. The molecule has 0 unspecified atom stereocenters. The minimum absolute atomic E-state index is 0.198. The molecule has 2 aromatic heterocycles. The Morgan fingerprint density at radius 3 is 2.71 bits per heavy atom. The second-order valence-electron chi connectivity index (χ2n) is 6.65. The fourth-order valence-corrected chi connectivity index (χ4v) is 3.70. The number of nitrogens with zero attached hydrogens (tertiary/aromatic N) is 3. The number of hydrogen-bond acceptors (Lipinski definition) is 4. The first kappa shape index (κ1) is 18.5. The third-order valence-corrected chi connectivity index (χ3v) is 5.25. The molecular formula is C20H19BrN4O3. The highest BCUT2D eigenvalue weighted by Crippen LogP contribution is 2.24. The average molecular weight is 443 g/mol. The lowest BCUT2D eigenvalue weighted by molar-refractivity contribution is 0.0697. The van der Waals surface area contributed by atoms with E-state index in [2.05, 4.69) is 26.3 Å². The molecule has 1 N–H and O–H groups in total. The lowest BCUT2D eigenvalue weighted by Crippen LogP contribution is -2.37. The maximum absolute atomic E-state index is 12.7. The molecule has 0 atom stereocenters. The van der Waals surface area contributed by atoms with Gasteiger partial charge in [-0.1, -0.05) is 30.3 Å². The molecule has 1 aromatic carbocycles. The lowest BCUT2D eigenvalue weighted by atomic mass is 10.0. The summed E-state index contributed by atoms with van der Waals surface area (Å²) in [6.07, 6.45) is 0.637. The van der Waals surface area contributed by atoms with E-state index >= 15 is 0 Å². The third kappa shape index (κ3) is 3.60. The number of amides is 2. The summed E-state index contributed by atoms with van der Waals surface area (Å²) in [4.78, 5) is 27.1. The Morgan fingerprint density at radius 2 is 2.00 bits per heavy atom. The molecule has 0 saturated heterocycles. The number of aryl methyl sites for hydroxylation is 1. The van der Waals surface area contributed by atoms with Gasteiger partial charge in [-0.3, -0.25) is 14.3 Å². The summed E-state index contributed by atoms with van der Waals surface area (Å²) in [5.41, 5.74) is 3.15. The summed E-state index contributed by atoms with van der Waals surface area (Å²) in [6.45, 7) is 1.30. The lowest BCUT2D eigenvalue weighted by Gasteiger charge is -2.26. The number of benzene rings is 1. The van der Waals surface area contributed by atoms with E-state index in [-0.39, 0.29) is 17.6 Å². The summed E-state index contributed by atoms with van der Waals surface area (Å²) in [5.74, 6) is -0.166. The molecule has 3 heterocycles. The van der Waals surface area contributed by atoms with Gasteiger partial charge in [0.1, 0.15) is 0 Å². The summed E-state index contributed by atoms with van der Waals surface area (Å²) in [6, 6.07) is 13.0. The number of nitrogens with one attached hydrogen (secondary N) is 1. The number of aromatic nitrogens is 2. The van der Waals surface area contributed by atoms with Crippen molar-refractivity contribution in [1.82, 2.24) is 20.0 Å². The van der Waals surface area contributed by atoms with E-state index in [1.165, 1.54) is 0 Å². The minimum atomic E-state index is -0.240. The van der Waals surface area contributed by atoms with Crippen LogP contribution in [0.5, 0.6) is 0 Å². The third-order valence-electron chi connectivity index (χ3n) is 4.82. The van der Waals surface area contributed by atoms with Crippen LogP contribution in [-0.2, 0) is 26.6 Å². The van der Waals surface area contributed by atoms with Crippen LogP contribution in [-0.4, -0.2) is 33.0 Å². The van der Waals surface area contributed by atoms with E-state index in [1.54, 1.807) is 21.7 Å². The summed E-state index contributed by atoms with van der Waals surface area (Å²) in [7, 11) is 1.83. The highest BCUT2D eigenvalue weighted by atomic mass is 79.9. The van der Waals surface area contributed by atoms with E-state index in [9.17, 15) is 9.59 Å². The summed E-state index contributed by atoms with van der Waals surface area (Å²) >= 11 is 3.22. The molecule has 1 aliphatic rings. The average Bonchev–Trinajstić information content (AvgIpc) is 3.29. The molecule has 1 aliphatic heterocycles. The van der Waals surface area contributed by atoms with Crippen LogP contribution in [0.15, 0.2) is 51.6 Å². The predicted octanol–water partition coefficient (Wildman–Crippen LogP) is 2.90. The van der Waals surface area contributed by atoms with Crippen LogP contribution < -0.4 is 5.32 Å². The molecule has 0 spiro atoms. The zero-order chi connectivity index (χ0) is 19.7. The highest BCUT2D eigenvalue weighted by molar-refractivity contribution is 9.10. The van der Waals surface area contributed by atoms with Crippen molar-refractivity contribution in [3.05, 3.63) is 75.4 Å². The molecule has 4 rings (SSSR count). The number of fused-ring (bicyclic) bond motifs is 1. The van der Waals surface area contributed by atoms with Crippen molar-refractivity contribution in [3.63, 3.8) is 0 Å². The van der Waals surface area contributed by atoms with Crippen LogP contribution in [0.3, 0.4) is 0 Å². The van der Waals surface area contributed by atoms with Gasteiger partial charge in [0, 0.05) is 37.8 Å². The van der Waals surface area contributed by atoms with Crippen molar-refractivity contribution < 1.29 is 14.0 Å². The molecule has 28 heavy (non-hydrogen) atoms. The SMILES string of the molecule is Cn1nc(C(=O)NCc2ccccc2)c2c1CCN(C(=O)c1ccc(Br)o1)C2. The molecular weight excluding hydrogens is 424 g/mol. The van der Waals surface area contributed by atoms with E-state index in [4.69, 9.17) is 4.42 Å². The van der Waals surface area contributed by atoms with E-state index < -0.39 is 0 Å². The molecule has 0 fully saturated rings. The van der Waals surface area contributed by atoms with E-state index in [0.29, 0.717) is 36.4 Å². The largest absolute Gasteiger partial charge is 0.444 e. The van der Waals surface area contributed by atoms with Gasteiger partial charge < -0.3 is 14.6 Å². The minimum Gasteiger partial charge on any atom is -0.444 e. The Balaban J connectivity index is 1.52. The van der Waals surface area contributed by atoms with Gasteiger partial charge in [0.05, 0.1) is 6.54 Å². The van der Waals surface area contributed by atoms with Crippen LogP contribution in [0, 0.1) is 0 Å². The Kier molecular flexibility index (Phi) is 5.04. The number of carbonyl (C=O) groups is 2. The molecule has 0 aliphatic carbocycles. The summed E-state index contributed by atoms with van der Waals surface area (Å²) in [5, 5.41) is 7.33. The molecule has 7 nitrogen and oxygen atoms in total. The van der Waals surface area contributed by atoms with Crippen LogP contribution >= 0.6 is 15.9 Å². The Morgan fingerprint density at radius 1 is 1.21 bits per heavy atom. The van der Waals surface area contributed by atoms with Gasteiger partial charge >= 0.3 is 0 Å². The van der Waals surface area contributed by atoms with Crippen molar-refractivity contribution in [2.75, 3.05) is 6.54 Å². The second-order valence-corrected chi connectivity index (χ2v) is 7.43. The Labute approximate surface area is 170 Å². The van der Waals surface area contributed by atoms with Gasteiger partial charge in [-0.25, -0.2) is 0 Å². The van der Waals surface area contributed by atoms with Gasteiger partial charge in [-0.2, -0.15) is 5.10 Å². The highest BCUT2D eigenvalue weighted by Gasteiger charge is 2.30.